The van der Waals surface area contributed by atoms with Crippen LogP contribution in [0, 0.1) is 0 Å². The number of hydrogen-bond acceptors (Lipinski definition) is 7. The number of carbonyl (C=O) groups excluding carboxylic acids is 1. The van der Waals surface area contributed by atoms with Crippen LogP contribution in [-0.2, 0) is 15.6 Å². The van der Waals surface area contributed by atoms with Gasteiger partial charge in [0.2, 0.25) is 5.88 Å². The van der Waals surface area contributed by atoms with Crippen molar-refractivity contribution in [1.29, 1.82) is 0 Å². The van der Waals surface area contributed by atoms with Gasteiger partial charge in [-0.3, -0.25) is 14.5 Å². The molecule has 1 amide bonds. The molecule has 174 valence electrons. The zero-order valence-corrected chi connectivity index (χ0v) is 18.2. The first kappa shape index (κ1) is 22.6. The third-order valence-corrected chi connectivity index (χ3v) is 5.95. The maximum atomic E-state index is 12.8. The Bertz CT molecular complexity index is 1280. The van der Waals surface area contributed by atoms with Crippen LogP contribution in [0.5, 0.6) is 5.88 Å². The number of benzene rings is 1. The van der Waals surface area contributed by atoms with E-state index in [4.69, 9.17) is 4.74 Å². The monoisotopic (exact) mass is 478 g/mol. The highest BCUT2D eigenvalue weighted by Gasteiger charge is 2.46. The highest BCUT2D eigenvalue weighted by Crippen LogP contribution is 2.46. The van der Waals surface area contributed by atoms with Crippen LogP contribution in [0.1, 0.15) is 35.8 Å². The largest absolute Gasteiger partial charge is 0.477 e. The Balaban J connectivity index is 1.50. The fourth-order valence-corrected chi connectivity index (χ4v) is 3.76. The van der Waals surface area contributed by atoms with Crippen molar-refractivity contribution >= 4 is 21.6 Å². The zero-order chi connectivity index (χ0) is 23.6. The van der Waals surface area contributed by atoms with Crippen LogP contribution in [0.2, 0.25) is 0 Å². The summed E-state index contributed by atoms with van der Waals surface area (Å²) >= 11 is 0. The highest BCUT2D eigenvalue weighted by atomic mass is 32.2. The number of nitrogens with zero attached hydrogens (tertiary/aromatic N) is 4. The number of anilines is 1. The lowest BCUT2D eigenvalue weighted by Crippen LogP contribution is -2.35. The molecule has 13 heteroatoms. The van der Waals surface area contributed by atoms with Crippen molar-refractivity contribution in [2.45, 2.75) is 31.1 Å². The van der Waals surface area contributed by atoms with Crippen molar-refractivity contribution < 1.29 is 26.7 Å². The molecule has 1 fully saturated rings. The van der Waals surface area contributed by atoms with E-state index >= 15 is 0 Å². The Morgan fingerprint density at radius 2 is 2.06 bits per heavy atom. The van der Waals surface area contributed by atoms with E-state index in [-0.39, 0.29) is 11.4 Å². The van der Waals surface area contributed by atoms with Crippen LogP contribution >= 0.6 is 0 Å². The van der Waals surface area contributed by atoms with E-state index in [1.807, 2.05) is 11.6 Å². The first-order valence-corrected chi connectivity index (χ1v) is 11.5. The molecule has 0 saturated heterocycles. The van der Waals surface area contributed by atoms with Gasteiger partial charge in [-0.1, -0.05) is 12.1 Å². The Kier molecular flexibility index (Phi) is 5.97. The number of aromatic nitrogens is 4. The zero-order valence-electron chi connectivity index (χ0n) is 17.4. The standard InChI is InChI=1S/C20H20F2N6O4S/c1-2-32-17-12-23-11-16(24-17)28-9-6-15(26-28)18(29)25-20(7-8-20)13-4-3-5-14(10-13)27-33(30,31)19(21)22/h3-6,9-12,19,27H,2,7-8H2,1H3,(H,25,29). The van der Waals surface area contributed by atoms with Crippen LogP contribution < -0.4 is 14.8 Å². The summed E-state index contributed by atoms with van der Waals surface area (Å²) in [6.45, 7) is 2.25. The molecule has 1 aliphatic carbocycles. The van der Waals surface area contributed by atoms with Crippen molar-refractivity contribution in [3.63, 3.8) is 0 Å². The Hall–Kier alpha value is -3.61. The van der Waals surface area contributed by atoms with E-state index in [9.17, 15) is 22.0 Å². The quantitative estimate of drug-likeness (QED) is 0.483. The number of rotatable bonds is 9. The number of hydrogen-bond donors (Lipinski definition) is 2. The van der Waals surface area contributed by atoms with Gasteiger partial charge in [0.25, 0.3) is 15.9 Å². The first-order valence-electron chi connectivity index (χ1n) is 9.96. The number of alkyl halides is 2. The van der Waals surface area contributed by atoms with E-state index in [1.54, 1.807) is 12.3 Å². The van der Waals surface area contributed by atoms with Crippen LogP contribution in [0.25, 0.3) is 5.82 Å². The first-order chi connectivity index (χ1) is 15.7. The molecule has 1 aromatic carbocycles. The maximum Gasteiger partial charge on any atom is 0.355 e. The molecular weight excluding hydrogens is 458 g/mol. The van der Waals surface area contributed by atoms with Gasteiger partial charge in [-0.05, 0) is 43.5 Å². The average molecular weight is 478 g/mol. The van der Waals surface area contributed by atoms with Gasteiger partial charge in [0, 0.05) is 11.9 Å². The van der Waals surface area contributed by atoms with Gasteiger partial charge < -0.3 is 10.1 Å². The number of halogens is 2. The van der Waals surface area contributed by atoms with E-state index in [0.717, 1.165) is 0 Å². The Morgan fingerprint density at radius 1 is 1.27 bits per heavy atom. The lowest BCUT2D eigenvalue weighted by atomic mass is 10.0. The number of nitrogens with one attached hydrogen (secondary N) is 2. The summed E-state index contributed by atoms with van der Waals surface area (Å²) in [5, 5.41) is 7.15. The van der Waals surface area contributed by atoms with E-state index in [1.165, 1.54) is 41.3 Å². The third-order valence-electron chi connectivity index (χ3n) is 4.96. The molecule has 0 aliphatic heterocycles. The second kappa shape index (κ2) is 8.73. The van der Waals surface area contributed by atoms with Crippen molar-refractivity contribution in [3.8, 4) is 11.7 Å². The molecule has 0 unspecified atom stereocenters. The molecule has 0 atom stereocenters. The van der Waals surface area contributed by atoms with Crippen molar-refractivity contribution in [1.82, 2.24) is 25.1 Å². The predicted octanol–water partition coefficient (Wildman–Crippen LogP) is 2.44. The average Bonchev–Trinajstić information content (AvgIpc) is 3.38. The van der Waals surface area contributed by atoms with Crippen LogP contribution in [0.4, 0.5) is 14.5 Å². The molecule has 3 aromatic rings. The molecule has 4 rings (SSSR count). The van der Waals surface area contributed by atoms with Crippen molar-refractivity contribution in [2.24, 2.45) is 0 Å². The Morgan fingerprint density at radius 3 is 2.76 bits per heavy atom. The second-order valence-corrected chi connectivity index (χ2v) is 8.97. The second-order valence-electron chi connectivity index (χ2n) is 7.32. The number of sulfonamides is 1. The topological polar surface area (TPSA) is 128 Å². The normalized spacial score (nSPS) is 14.7. The van der Waals surface area contributed by atoms with Gasteiger partial charge in [-0.15, -0.1) is 0 Å². The maximum absolute atomic E-state index is 12.8. The minimum absolute atomic E-state index is 0.00893. The molecule has 1 aliphatic rings. The van der Waals surface area contributed by atoms with Crippen LogP contribution in [0.15, 0.2) is 48.9 Å². The summed E-state index contributed by atoms with van der Waals surface area (Å²) in [4.78, 5) is 21.1. The molecule has 1 saturated carbocycles. The van der Waals surface area contributed by atoms with Gasteiger partial charge in [-0.25, -0.2) is 13.1 Å². The van der Waals surface area contributed by atoms with Crippen molar-refractivity contribution in [2.75, 3.05) is 11.3 Å². The van der Waals surface area contributed by atoms with Crippen molar-refractivity contribution in [3.05, 3.63) is 60.2 Å². The van der Waals surface area contributed by atoms with Gasteiger partial charge in [0.05, 0.1) is 24.5 Å². The SMILES string of the molecule is CCOc1cncc(-n2ccc(C(=O)NC3(c4cccc(NS(=O)(=O)C(F)F)c4)CC3)n2)n1. The van der Waals surface area contributed by atoms with Crippen LogP contribution in [-0.4, -0.2) is 46.4 Å². The summed E-state index contributed by atoms with van der Waals surface area (Å²) in [7, 11) is -4.79. The van der Waals surface area contributed by atoms with E-state index in [0.29, 0.717) is 36.7 Å². The summed E-state index contributed by atoms with van der Waals surface area (Å²) in [5.41, 5.74) is -0.00759. The minimum Gasteiger partial charge on any atom is -0.477 e. The number of ether oxygens (including phenoxy) is 1. The molecular formula is C20H20F2N6O4S. The molecule has 2 aromatic heterocycles. The van der Waals surface area contributed by atoms with Crippen LogP contribution in [0.3, 0.4) is 0 Å². The summed E-state index contributed by atoms with van der Waals surface area (Å²) in [5.74, 6) is -3.29. The predicted molar refractivity (Wildman–Crippen MR) is 114 cm³/mol. The van der Waals surface area contributed by atoms with Gasteiger partial charge >= 0.3 is 5.76 Å². The van der Waals surface area contributed by atoms with E-state index < -0.39 is 27.2 Å². The van der Waals surface area contributed by atoms with Gasteiger partial charge in [0.15, 0.2) is 11.5 Å². The lowest BCUT2D eigenvalue weighted by molar-refractivity contribution is 0.0925. The molecule has 10 nitrogen and oxygen atoms in total. The molecule has 33 heavy (non-hydrogen) atoms. The summed E-state index contributed by atoms with van der Waals surface area (Å²) in [6.07, 6.45) is 5.72. The molecule has 2 heterocycles. The fourth-order valence-electron chi connectivity index (χ4n) is 3.22. The highest BCUT2D eigenvalue weighted by molar-refractivity contribution is 7.93. The number of carbonyl (C=O) groups is 1. The smallest absolute Gasteiger partial charge is 0.355 e. The van der Waals surface area contributed by atoms with Gasteiger partial charge in [0.1, 0.15) is 0 Å². The lowest BCUT2D eigenvalue weighted by Gasteiger charge is -2.18. The molecule has 2 N–H and O–H groups in total. The number of amides is 1. The summed E-state index contributed by atoms with van der Waals surface area (Å²) in [6, 6.07) is 7.54. The van der Waals surface area contributed by atoms with Gasteiger partial charge in [-0.2, -0.15) is 18.9 Å². The molecule has 0 bridgehead atoms. The van der Waals surface area contributed by atoms with E-state index in [2.05, 4.69) is 20.4 Å². The molecule has 0 spiro atoms. The molecule has 0 radical (unpaired) electrons. The summed E-state index contributed by atoms with van der Waals surface area (Å²) < 4.78 is 56.8. The Labute approximate surface area is 188 Å². The minimum atomic E-state index is -4.79. The fraction of sp³-hybridized carbons (Fsp3) is 0.300. The third kappa shape index (κ3) is 4.92.